The predicted octanol–water partition coefficient (Wildman–Crippen LogP) is 4.39. The summed E-state index contributed by atoms with van der Waals surface area (Å²) in [4.78, 5) is 28.5. The zero-order chi connectivity index (χ0) is 20.4. The Bertz CT molecular complexity index is 1040. The topological polar surface area (TPSA) is 70.4 Å². The Morgan fingerprint density at radius 2 is 1.69 bits per heavy atom. The highest BCUT2D eigenvalue weighted by atomic mass is 32.1. The van der Waals surface area contributed by atoms with Gasteiger partial charge in [-0.3, -0.25) is 9.59 Å². The average molecular weight is 407 g/mol. The van der Waals surface area contributed by atoms with E-state index in [1.807, 2.05) is 19.1 Å². The molecule has 2 amide bonds. The van der Waals surface area contributed by atoms with Crippen molar-refractivity contribution in [2.75, 3.05) is 4.90 Å². The molecule has 3 fully saturated rings. The van der Waals surface area contributed by atoms with Gasteiger partial charge in [0.15, 0.2) is 0 Å². The monoisotopic (exact) mass is 406 g/mol. The molecule has 0 spiro atoms. The van der Waals surface area contributed by atoms with Gasteiger partial charge in [-0.15, -0.1) is 11.3 Å². The molecule has 1 aromatic carbocycles. The van der Waals surface area contributed by atoms with Crippen LogP contribution in [0.4, 0.5) is 5.00 Å². The van der Waals surface area contributed by atoms with Crippen LogP contribution in [-0.2, 0) is 14.3 Å². The average Bonchev–Trinajstić information content (AvgIpc) is 3.44. The summed E-state index contributed by atoms with van der Waals surface area (Å²) in [6, 6.07) is 10.5. The number of carbonyl (C=O) groups excluding carboxylic acids is 2. The van der Waals surface area contributed by atoms with Crippen molar-refractivity contribution in [2.24, 2.45) is 11.8 Å². The summed E-state index contributed by atoms with van der Waals surface area (Å²) in [6.45, 7) is 6.23. The molecule has 4 heterocycles. The Hall–Kier alpha value is -2.49. The minimum Gasteiger partial charge on any atom is -0.373 e. The highest BCUT2D eigenvalue weighted by Gasteiger charge is 2.63. The maximum absolute atomic E-state index is 13.2. The number of hydrogen-bond acceptors (Lipinski definition) is 5. The second-order valence-corrected chi connectivity index (χ2v) is 9.66. The van der Waals surface area contributed by atoms with Crippen LogP contribution >= 0.6 is 11.3 Å². The summed E-state index contributed by atoms with van der Waals surface area (Å²) in [5.74, 6) is -0.748. The lowest BCUT2D eigenvalue weighted by Crippen LogP contribution is -2.34. The molecule has 4 atom stereocenters. The van der Waals surface area contributed by atoms with Gasteiger partial charge in [0.1, 0.15) is 11.1 Å². The Kier molecular flexibility index (Phi) is 4.16. The van der Waals surface area contributed by atoms with Gasteiger partial charge >= 0.3 is 0 Å². The molecule has 0 radical (unpaired) electrons. The Labute approximate surface area is 173 Å². The molecule has 1 aromatic heterocycles. The Morgan fingerprint density at radius 3 is 2.21 bits per heavy atom. The summed E-state index contributed by atoms with van der Waals surface area (Å²) in [7, 11) is 0. The van der Waals surface area contributed by atoms with E-state index >= 15 is 0 Å². The first kappa shape index (κ1) is 18.5. The van der Waals surface area contributed by atoms with E-state index in [0.717, 1.165) is 28.8 Å². The molecule has 0 N–H and O–H groups in total. The van der Waals surface area contributed by atoms with Gasteiger partial charge in [-0.05, 0) is 36.8 Å². The highest BCUT2D eigenvalue weighted by Crippen LogP contribution is 2.52. The number of hydrogen-bond donors (Lipinski definition) is 0. The van der Waals surface area contributed by atoms with Crippen LogP contribution in [0.3, 0.4) is 0 Å². The molecular weight excluding hydrogens is 384 g/mol. The summed E-state index contributed by atoms with van der Waals surface area (Å²) >= 11 is 1.36. The summed E-state index contributed by atoms with van der Waals surface area (Å²) in [5.41, 5.74) is 3.40. The molecule has 6 heteroatoms. The second kappa shape index (κ2) is 6.51. The van der Waals surface area contributed by atoms with Gasteiger partial charge in [-0.25, -0.2) is 4.90 Å². The fourth-order valence-electron chi connectivity index (χ4n) is 5.09. The van der Waals surface area contributed by atoms with Gasteiger partial charge in [0, 0.05) is 10.4 Å². The maximum atomic E-state index is 13.2. The normalized spacial score (nSPS) is 27.8. The van der Waals surface area contributed by atoms with Crippen molar-refractivity contribution >= 4 is 28.2 Å². The van der Waals surface area contributed by atoms with Crippen LogP contribution in [0.2, 0.25) is 0 Å². The van der Waals surface area contributed by atoms with Gasteiger partial charge < -0.3 is 4.74 Å². The first-order chi connectivity index (χ1) is 13.9. The van der Waals surface area contributed by atoms with E-state index in [4.69, 9.17) is 4.74 Å². The van der Waals surface area contributed by atoms with Crippen molar-refractivity contribution in [3.63, 3.8) is 0 Å². The minimum absolute atomic E-state index is 0.152. The number of anilines is 1. The van der Waals surface area contributed by atoms with Crippen molar-refractivity contribution < 1.29 is 14.3 Å². The van der Waals surface area contributed by atoms with E-state index < -0.39 is 0 Å². The quantitative estimate of drug-likeness (QED) is 0.709. The number of ether oxygens (including phenoxy) is 1. The fourth-order valence-corrected chi connectivity index (χ4v) is 6.22. The third kappa shape index (κ3) is 2.54. The number of imide groups is 1. The van der Waals surface area contributed by atoms with Gasteiger partial charge in [0.05, 0.1) is 29.6 Å². The molecule has 0 saturated carbocycles. The zero-order valence-electron chi connectivity index (χ0n) is 16.6. The van der Waals surface area contributed by atoms with Gasteiger partial charge in [-0.1, -0.05) is 38.1 Å². The molecule has 5 nitrogen and oxygen atoms in total. The Balaban J connectivity index is 1.57. The van der Waals surface area contributed by atoms with Crippen molar-refractivity contribution in [1.82, 2.24) is 0 Å². The zero-order valence-corrected chi connectivity index (χ0v) is 17.5. The van der Waals surface area contributed by atoms with Crippen LogP contribution in [0.25, 0.3) is 11.1 Å². The highest BCUT2D eigenvalue weighted by molar-refractivity contribution is 7.17. The van der Waals surface area contributed by atoms with E-state index in [-0.39, 0.29) is 35.9 Å². The standard InChI is InChI=1S/C23H22N2O3S/c1-11(2)13-4-6-14(7-5-13)18-12(3)29-23(15(18)10-24)25-21(26)19-16-8-9-17(28-16)20(19)22(25)27/h4-7,11,16-17,19-20H,8-9H2,1-3H3/t16-,17+,19-,20+. The minimum atomic E-state index is -0.385. The molecule has 148 valence electrons. The largest absolute Gasteiger partial charge is 0.373 e. The van der Waals surface area contributed by atoms with Gasteiger partial charge in [0.2, 0.25) is 11.8 Å². The number of aryl methyl sites for hydroxylation is 1. The predicted molar refractivity (Wildman–Crippen MR) is 111 cm³/mol. The summed E-state index contributed by atoms with van der Waals surface area (Å²) < 4.78 is 5.82. The molecule has 29 heavy (non-hydrogen) atoms. The van der Waals surface area contributed by atoms with E-state index in [9.17, 15) is 14.9 Å². The third-order valence-electron chi connectivity index (χ3n) is 6.53. The Morgan fingerprint density at radius 1 is 1.10 bits per heavy atom. The van der Waals surface area contributed by atoms with E-state index in [1.54, 1.807) is 0 Å². The van der Waals surface area contributed by atoms with Gasteiger partial charge in [0.25, 0.3) is 0 Å². The van der Waals surface area contributed by atoms with Crippen molar-refractivity contribution in [1.29, 1.82) is 5.26 Å². The van der Waals surface area contributed by atoms with Crippen molar-refractivity contribution in [3.8, 4) is 17.2 Å². The number of rotatable bonds is 3. The molecule has 3 aliphatic heterocycles. The second-order valence-electron chi connectivity index (χ2n) is 8.46. The summed E-state index contributed by atoms with van der Waals surface area (Å²) in [5, 5.41) is 10.4. The van der Waals surface area contributed by atoms with Crippen LogP contribution in [0.1, 0.15) is 48.6 Å². The first-order valence-corrected chi connectivity index (χ1v) is 10.9. The first-order valence-electron chi connectivity index (χ1n) is 10.1. The number of thiophene rings is 1. The summed E-state index contributed by atoms with van der Waals surface area (Å²) in [6.07, 6.45) is 1.36. The van der Waals surface area contributed by atoms with E-state index in [1.165, 1.54) is 21.8 Å². The number of fused-ring (bicyclic) bond motifs is 5. The molecule has 0 unspecified atom stereocenters. The van der Waals surface area contributed by atoms with Gasteiger partial charge in [-0.2, -0.15) is 5.26 Å². The maximum Gasteiger partial charge on any atom is 0.241 e. The fraction of sp³-hybridized carbons (Fsp3) is 0.435. The lowest BCUT2D eigenvalue weighted by molar-refractivity contribution is -0.124. The molecule has 5 rings (SSSR count). The molecule has 3 saturated heterocycles. The smallest absolute Gasteiger partial charge is 0.241 e. The third-order valence-corrected chi connectivity index (χ3v) is 7.62. The van der Waals surface area contributed by atoms with Crippen molar-refractivity contribution in [2.45, 2.75) is 51.7 Å². The SMILES string of the molecule is Cc1sc(N2C(=O)[C@@H]3[C@H](C2=O)[C@H]2CC[C@@H]3O2)c(C#N)c1-c1ccc(C(C)C)cc1. The van der Waals surface area contributed by atoms with Crippen LogP contribution in [-0.4, -0.2) is 24.0 Å². The van der Waals surface area contributed by atoms with Crippen LogP contribution in [0, 0.1) is 30.1 Å². The lowest BCUT2D eigenvalue weighted by Gasteiger charge is -2.16. The number of amides is 2. The lowest BCUT2D eigenvalue weighted by atomic mass is 9.81. The number of nitriles is 1. The molecule has 3 aliphatic rings. The van der Waals surface area contributed by atoms with Crippen LogP contribution in [0.5, 0.6) is 0 Å². The number of nitrogens with zero attached hydrogens (tertiary/aromatic N) is 2. The molecular formula is C23H22N2O3S. The molecule has 2 bridgehead atoms. The van der Waals surface area contributed by atoms with Crippen molar-refractivity contribution in [3.05, 3.63) is 40.3 Å². The number of benzene rings is 1. The van der Waals surface area contributed by atoms with Crippen LogP contribution < -0.4 is 4.90 Å². The van der Waals surface area contributed by atoms with Crippen LogP contribution in [0.15, 0.2) is 24.3 Å². The molecule has 2 aromatic rings. The number of carbonyl (C=O) groups is 2. The molecule has 0 aliphatic carbocycles. The van der Waals surface area contributed by atoms with E-state index in [0.29, 0.717) is 16.5 Å². The van der Waals surface area contributed by atoms with E-state index in [2.05, 4.69) is 32.0 Å².